The SMILES string of the molecule is Cc1cc(N2CCN(c3c(N)c(=O)c3=O)CC2)c2ccccc2n1. The highest BCUT2D eigenvalue weighted by Crippen LogP contribution is 2.28. The highest BCUT2D eigenvalue weighted by Gasteiger charge is 2.27. The van der Waals surface area contributed by atoms with Crippen LogP contribution in [0.1, 0.15) is 5.69 Å². The van der Waals surface area contributed by atoms with Crippen LogP contribution in [0.15, 0.2) is 39.9 Å². The van der Waals surface area contributed by atoms with Crippen LogP contribution in [0.3, 0.4) is 0 Å². The van der Waals surface area contributed by atoms with Crippen molar-refractivity contribution < 1.29 is 0 Å². The lowest BCUT2D eigenvalue weighted by atomic mass is 10.1. The van der Waals surface area contributed by atoms with Gasteiger partial charge in [0.2, 0.25) is 0 Å². The Balaban J connectivity index is 1.61. The summed E-state index contributed by atoms with van der Waals surface area (Å²) in [4.78, 5) is 31.8. The predicted molar refractivity (Wildman–Crippen MR) is 96.7 cm³/mol. The second kappa shape index (κ2) is 5.33. The van der Waals surface area contributed by atoms with E-state index in [-0.39, 0.29) is 5.69 Å². The first kappa shape index (κ1) is 14.7. The normalized spacial score (nSPS) is 15.4. The van der Waals surface area contributed by atoms with E-state index in [4.69, 9.17) is 5.73 Å². The van der Waals surface area contributed by atoms with Gasteiger partial charge in [-0.15, -0.1) is 0 Å². The summed E-state index contributed by atoms with van der Waals surface area (Å²) in [7, 11) is 0. The average Bonchev–Trinajstić information content (AvgIpc) is 2.61. The Kier molecular flexibility index (Phi) is 3.26. The molecular weight excluding hydrogens is 304 g/mol. The van der Waals surface area contributed by atoms with Gasteiger partial charge in [0.1, 0.15) is 11.4 Å². The van der Waals surface area contributed by atoms with Gasteiger partial charge in [0, 0.05) is 42.9 Å². The lowest BCUT2D eigenvalue weighted by Gasteiger charge is -2.38. The summed E-state index contributed by atoms with van der Waals surface area (Å²) in [5.74, 6) is 0. The number of fused-ring (bicyclic) bond motifs is 1. The van der Waals surface area contributed by atoms with Crippen molar-refractivity contribution in [3.63, 3.8) is 0 Å². The van der Waals surface area contributed by atoms with Crippen molar-refractivity contribution in [2.45, 2.75) is 6.92 Å². The fourth-order valence-electron chi connectivity index (χ4n) is 3.43. The van der Waals surface area contributed by atoms with Crippen LogP contribution >= 0.6 is 0 Å². The van der Waals surface area contributed by atoms with Crippen LogP contribution < -0.4 is 26.4 Å². The molecule has 0 atom stereocenters. The minimum Gasteiger partial charge on any atom is -0.394 e. The summed E-state index contributed by atoms with van der Waals surface area (Å²) in [5, 5.41) is 1.13. The van der Waals surface area contributed by atoms with E-state index in [0.717, 1.165) is 35.4 Å². The van der Waals surface area contributed by atoms with Gasteiger partial charge in [-0.3, -0.25) is 14.6 Å². The lowest BCUT2D eigenvalue weighted by Crippen LogP contribution is -2.51. The first-order valence-electron chi connectivity index (χ1n) is 8.01. The molecule has 6 heteroatoms. The maximum atomic E-state index is 11.7. The molecule has 0 radical (unpaired) electrons. The van der Waals surface area contributed by atoms with Crippen LogP contribution in [0.2, 0.25) is 0 Å². The number of piperazine rings is 1. The Morgan fingerprint density at radius 1 is 1.00 bits per heavy atom. The van der Waals surface area contributed by atoms with Gasteiger partial charge < -0.3 is 15.5 Å². The Morgan fingerprint density at radius 2 is 1.67 bits per heavy atom. The average molecular weight is 322 g/mol. The molecule has 1 aliphatic rings. The van der Waals surface area contributed by atoms with Gasteiger partial charge in [-0.25, -0.2) is 0 Å². The molecule has 0 bridgehead atoms. The van der Waals surface area contributed by atoms with Gasteiger partial charge in [0.25, 0.3) is 10.9 Å². The monoisotopic (exact) mass is 322 g/mol. The van der Waals surface area contributed by atoms with Crippen molar-refractivity contribution in [3.05, 3.63) is 56.5 Å². The van der Waals surface area contributed by atoms with E-state index in [0.29, 0.717) is 18.8 Å². The van der Waals surface area contributed by atoms with Crippen LogP contribution in [-0.4, -0.2) is 31.2 Å². The molecule has 1 saturated heterocycles. The standard InChI is InChI=1S/C18H18N4O2/c1-11-10-14(12-4-2-3-5-13(12)20-11)21-6-8-22(9-7-21)16-15(19)17(23)18(16)24/h2-5,10H,6-9,19H2,1H3. The molecule has 1 aliphatic heterocycles. The van der Waals surface area contributed by atoms with Crippen LogP contribution in [0, 0.1) is 6.92 Å². The number of aromatic nitrogens is 1. The van der Waals surface area contributed by atoms with Crippen LogP contribution in [0.5, 0.6) is 0 Å². The molecular formula is C18H18N4O2. The quantitative estimate of drug-likeness (QED) is 0.711. The maximum absolute atomic E-state index is 11.7. The van der Waals surface area contributed by atoms with Gasteiger partial charge in [-0.2, -0.15) is 0 Å². The molecule has 4 rings (SSSR count). The molecule has 0 amide bonds. The number of rotatable bonds is 2. The fraction of sp³-hybridized carbons (Fsp3) is 0.278. The van der Waals surface area contributed by atoms with E-state index >= 15 is 0 Å². The minimum atomic E-state index is -0.553. The number of nitrogens with two attached hydrogens (primary N) is 1. The van der Waals surface area contributed by atoms with Crippen molar-refractivity contribution in [1.29, 1.82) is 0 Å². The second-order valence-corrected chi connectivity index (χ2v) is 6.19. The number of pyridine rings is 1. The van der Waals surface area contributed by atoms with Crippen LogP contribution in [-0.2, 0) is 0 Å². The topological polar surface area (TPSA) is 79.5 Å². The van der Waals surface area contributed by atoms with Gasteiger partial charge in [-0.05, 0) is 19.1 Å². The first-order chi connectivity index (χ1) is 11.6. The number of benzene rings is 1. The van der Waals surface area contributed by atoms with E-state index in [9.17, 15) is 9.59 Å². The molecule has 2 aromatic carbocycles. The molecule has 0 unspecified atom stereocenters. The number of hydrogen-bond donors (Lipinski definition) is 1. The van der Waals surface area contributed by atoms with Gasteiger partial charge >= 0.3 is 0 Å². The van der Waals surface area contributed by atoms with Crippen molar-refractivity contribution in [2.24, 2.45) is 0 Å². The summed E-state index contributed by atoms with van der Waals surface area (Å²) < 4.78 is 0. The highest BCUT2D eigenvalue weighted by molar-refractivity contribution is 5.92. The van der Waals surface area contributed by atoms with E-state index in [1.807, 2.05) is 30.0 Å². The number of nitrogen functional groups attached to an aromatic ring is 1. The molecule has 1 fully saturated rings. The number of aryl methyl sites for hydroxylation is 1. The Morgan fingerprint density at radius 3 is 2.38 bits per heavy atom. The summed E-state index contributed by atoms with van der Waals surface area (Å²) in [5.41, 5.74) is 8.31. The molecule has 2 N–H and O–H groups in total. The Hall–Kier alpha value is -2.89. The third kappa shape index (κ3) is 2.14. The number of anilines is 3. The van der Waals surface area contributed by atoms with Crippen molar-refractivity contribution in [2.75, 3.05) is 41.7 Å². The lowest BCUT2D eigenvalue weighted by molar-refractivity contribution is 0.652. The molecule has 3 aromatic rings. The molecule has 0 spiro atoms. The summed E-state index contributed by atoms with van der Waals surface area (Å²) in [6.45, 7) is 4.88. The predicted octanol–water partition coefficient (Wildman–Crippen LogP) is 1.05. The number of hydrogen-bond acceptors (Lipinski definition) is 6. The number of nitrogens with zero attached hydrogens (tertiary/aromatic N) is 3. The van der Waals surface area contributed by atoms with E-state index in [1.165, 1.54) is 0 Å². The zero-order chi connectivity index (χ0) is 16.8. The van der Waals surface area contributed by atoms with E-state index in [1.54, 1.807) is 0 Å². The molecule has 122 valence electrons. The smallest absolute Gasteiger partial charge is 0.253 e. The third-order valence-corrected chi connectivity index (χ3v) is 4.68. The van der Waals surface area contributed by atoms with E-state index < -0.39 is 10.9 Å². The summed E-state index contributed by atoms with van der Waals surface area (Å²) in [6.07, 6.45) is 0. The second-order valence-electron chi connectivity index (χ2n) is 6.19. The minimum absolute atomic E-state index is 0.110. The van der Waals surface area contributed by atoms with Gasteiger partial charge in [-0.1, -0.05) is 18.2 Å². The summed E-state index contributed by atoms with van der Waals surface area (Å²) >= 11 is 0. The first-order valence-corrected chi connectivity index (χ1v) is 8.01. The Labute approximate surface area is 138 Å². The Bertz CT molecular complexity index is 996. The number of para-hydroxylation sites is 1. The van der Waals surface area contributed by atoms with Gasteiger partial charge in [0.15, 0.2) is 0 Å². The largest absolute Gasteiger partial charge is 0.394 e. The van der Waals surface area contributed by atoms with Crippen molar-refractivity contribution in [3.8, 4) is 0 Å². The van der Waals surface area contributed by atoms with Crippen LogP contribution in [0.25, 0.3) is 10.9 Å². The molecule has 6 nitrogen and oxygen atoms in total. The zero-order valence-corrected chi connectivity index (χ0v) is 13.5. The van der Waals surface area contributed by atoms with Crippen molar-refractivity contribution in [1.82, 2.24) is 4.98 Å². The van der Waals surface area contributed by atoms with Gasteiger partial charge in [0.05, 0.1) is 5.52 Å². The molecule has 2 heterocycles. The zero-order valence-electron chi connectivity index (χ0n) is 13.5. The van der Waals surface area contributed by atoms with Crippen LogP contribution in [0.4, 0.5) is 17.1 Å². The fourth-order valence-corrected chi connectivity index (χ4v) is 3.43. The van der Waals surface area contributed by atoms with Crippen molar-refractivity contribution >= 4 is 28.0 Å². The summed E-state index contributed by atoms with van der Waals surface area (Å²) in [6, 6.07) is 10.2. The third-order valence-electron chi connectivity index (χ3n) is 4.68. The highest BCUT2D eigenvalue weighted by atomic mass is 16.2. The molecule has 0 aliphatic carbocycles. The maximum Gasteiger partial charge on any atom is 0.253 e. The molecule has 24 heavy (non-hydrogen) atoms. The molecule has 0 saturated carbocycles. The molecule has 1 aromatic heterocycles. The van der Waals surface area contributed by atoms with E-state index in [2.05, 4.69) is 22.0 Å².